The number of aliphatic hydroxyl groups is 6. The minimum Gasteiger partial charge on any atom is -0.454 e. The van der Waals surface area contributed by atoms with Crippen LogP contribution >= 0.6 is 0 Å². The first-order valence-electron chi connectivity index (χ1n) is 35.0. The predicted octanol–water partition coefficient (Wildman–Crippen LogP) is 11.0. The van der Waals surface area contributed by atoms with Crippen LogP contribution < -0.4 is 5.32 Å². The van der Waals surface area contributed by atoms with Crippen LogP contribution in [0.4, 0.5) is 0 Å². The van der Waals surface area contributed by atoms with Crippen molar-refractivity contribution in [3.05, 3.63) is 117 Å². The van der Waals surface area contributed by atoms with E-state index in [1.54, 1.807) is 6.08 Å². The number of rotatable bonds is 5. The summed E-state index contributed by atoms with van der Waals surface area (Å²) in [5.41, 5.74) is -1.40. The molecule has 0 amide bonds. The van der Waals surface area contributed by atoms with Crippen LogP contribution in [-0.4, -0.2) is 91.1 Å². The van der Waals surface area contributed by atoms with Crippen LogP contribution in [0.25, 0.3) is 0 Å². The van der Waals surface area contributed by atoms with Crippen molar-refractivity contribution in [2.75, 3.05) is 7.05 Å². The number of aryl methyl sites for hydroxylation is 1. The van der Waals surface area contributed by atoms with Crippen molar-refractivity contribution in [2.24, 2.45) is 86.8 Å². The number of aldehydes is 1. The average molecular weight is 1180 g/mol. The van der Waals surface area contributed by atoms with Gasteiger partial charge in [-0.2, -0.15) is 0 Å². The molecule has 0 unspecified atom stereocenters. The molecule has 21 atom stereocenters. The van der Waals surface area contributed by atoms with Gasteiger partial charge in [0.2, 0.25) is 0 Å². The van der Waals surface area contributed by atoms with Gasteiger partial charge >= 0.3 is 5.97 Å². The van der Waals surface area contributed by atoms with E-state index in [0.29, 0.717) is 57.3 Å². The van der Waals surface area contributed by atoms with Gasteiger partial charge in [0, 0.05) is 57.6 Å². The van der Waals surface area contributed by atoms with E-state index < -0.39 is 86.4 Å². The highest BCUT2D eigenvalue weighted by atomic mass is 16.5. The molecule has 1 aliphatic heterocycles. The molecule has 15 bridgehead atoms. The predicted molar refractivity (Wildman–Crippen MR) is 332 cm³/mol. The maximum absolute atomic E-state index is 15.6. The SMILES string of the molecule is CN[C@H]1Cc2c(cccc2CO)C#C[C@@]23CC[C@@H](Cc4cccc(c4)C4(CCCC4)c4cccc(c4)CC[C@@H]4CC[C@]5(C4)C[C@]4(C=O)[C@H]6CC[C@]7(C2)[C@H]2C8=CC(=O)O[C@@H]8[C@H]1C[C@H]2C[C@]7(O)[C@@]6(O)[C@H](O)[C@H]1C[C@@H]([C@@H](C)C2CCCC2)CC[C@@H]([C@H]5O)[C@@]14O)C3. The number of esters is 1. The van der Waals surface area contributed by atoms with Gasteiger partial charge in [-0.1, -0.05) is 118 Å². The molecule has 10 fully saturated rings. The standard InChI is InChI=1S/C77H97NO9/c1-46(51-12-3-4-13-51)53-20-21-61-68(82)71-30-23-48(40-71)19-18-47-10-7-16-56(33-47)72(26-5-6-27-72)57-17-8-11-49(34-57)32-50-22-28-70(39-50)29-24-52-14-9-15-54(42-79)58(52)37-63(78-2)59-35-55-41-75(84)73(43-70,66(55)60-38-65(81)87-67(59)60)31-25-64-74(44-71,45-80)76(61,85)62(36-53)69(83)77(64,75)86/h7-11,14-17,33-34,38,45-46,48,50-51,53,55,59,61-64,66-69,78-79,82-86H,3-6,12-13,18-23,25-28,30-32,35-37,39-44H2,1-2H3/t46-,48+,50-,53-,55-,59-,61-,62+,63-,64+,66+,67+,68+,69+,70+,71-,73-,74-,75+,76+,77-/m0/s1. The number of fused-ring (bicyclic) bond motifs is 3. The second-order valence-corrected chi connectivity index (χ2v) is 32.4. The van der Waals surface area contributed by atoms with Crippen LogP contribution in [0.5, 0.6) is 0 Å². The topological polar surface area (TPSA) is 177 Å². The minimum absolute atomic E-state index is 0.0627. The molecule has 0 radical (unpaired) electrons. The first-order chi connectivity index (χ1) is 42.0. The summed E-state index contributed by atoms with van der Waals surface area (Å²) >= 11 is 0. The Hall–Kier alpha value is -4.18. The van der Waals surface area contributed by atoms with E-state index in [1.165, 1.54) is 47.9 Å². The molecule has 3 aromatic rings. The fourth-order valence-corrected chi connectivity index (χ4v) is 25.6. The van der Waals surface area contributed by atoms with Crippen LogP contribution in [0.1, 0.15) is 200 Å². The highest BCUT2D eigenvalue weighted by molar-refractivity contribution is 5.86. The van der Waals surface area contributed by atoms with Gasteiger partial charge in [-0.15, -0.1) is 0 Å². The van der Waals surface area contributed by atoms with E-state index in [0.717, 1.165) is 106 Å². The number of carbonyl (C=O) groups excluding carboxylic acids is 2. The Kier molecular flexibility index (Phi) is 13.8. The summed E-state index contributed by atoms with van der Waals surface area (Å²) in [5.74, 6) is 5.23. The van der Waals surface area contributed by atoms with Crippen LogP contribution in [0.2, 0.25) is 0 Å². The average Bonchev–Trinajstić information content (AvgIpc) is 1.63. The van der Waals surface area contributed by atoms with E-state index in [1.807, 2.05) is 19.2 Å². The summed E-state index contributed by atoms with van der Waals surface area (Å²) in [6.45, 7) is 2.22. The van der Waals surface area contributed by atoms with Crippen molar-refractivity contribution < 1.29 is 45.0 Å². The minimum atomic E-state index is -2.28. The van der Waals surface area contributed by atoms with Gasteiger partial charge in [0.05, 0.1) is 29.8 Å². The molecule has 7 N–H and O–H groups in total. The summed E-state index contributed by atoms with van der Waals surface area (Å²) in [6.07, 6.45) is 20.5. The Morgan fingerprint density at radius 1 is 0.736 bits per heavy atom. The summed E-state index contributed by atoms with van der Waals surface area (Å²) in [6, 6.07) is 24.8. The molecule has 0 aromatic heterocycles. The lowest BCUT2D eigenvalue weighted by molar-refractivity contribution is -0.385. The second-order valence-electron chi connectivity index (χ2n) is 32.4. The number of hydrogen-bond acceptors (Lipinski definition) is 10. The van der Waals surface area contributed by atoms with Gasteiger partial charge < -0.3 is 45.5 Å². The third-order valence-corrected chi connectivity index (χ3v) is 29.3. The maximum atomic E-state index is 15.6. The number of likely N-dealkylation sites (N-methyl/N-ethyl adjacent to an activating group) is 1. The molecule has 3 aromatic carbocycles. The van der Waals surface area contributed by atoms with Crippen molar-refractivity contribution in [2.45, 2.75) is 233 Å². The lowest BCUT2D eigenvalue weighted by atomic mass is 9.32. The normalized spacial score (nSPS) is 45.9. The molecule has 464 valence electrons. The van der Waals surface area contributed by atoms with E-state index in [4.69, 9.17) is 4.74 Å². The van der Waals surface area contributed by atoms with Gasteiger partial charge in [-0.05, 0) is 234 Å². The smallest absolute Gasteiger partial charge is 0.331 e. The molecule has 0 saturated heterocycles. The largest absolute Gasteiger partial charge is 0.454 e. The van der Waals surface area contributed by atoms with E-state index in [-0.39, 0.29) is 72.8 Å². The molecule has 87 heavy (non-hydrogen) atoms. The summed E-state index contributed by atoms with van der Waals surface area (Å²) < 4.78 is 6.58. The van der Waals surface area contributed by atoms with E-state index in [9.17, 15) is 25.2 Å². The zero-order valence-corrected chi connectivity index (χ0v) is 51.9. The molecule has 10 nitrogen and oxygen atoms in total. The molecule has 10 saturated carbocycles. The van der Waals surface area contributed by atoms with Gasteiger partial charge in [0.1, 0.15) is 23.6 Å². The zero-order valence-electron chi connectivity index (χ0n) is 51.9. The van der Waals surface area contributed by atoms with Crippen LogP contribution in [0.3, 0.4) is 0 Å². The maximum Gasteiger partial charge on any atom is 0.331 e. The quantitative estimate of drug-likeness (QED) is 0.0739. The zero-order chi connectivity index (χ0) is 59.7. The molecule has 4 spiro atoms. The van der Waals surface area contributed by atoms with Crippen LogP contribution in [0, 0.1) is 98.6 Å². The third kappa shape index (κ3) is 8.03. The highest BCUT2D eigenvalue weighted by Crippen LogP contribution is 2.80. The fourth-order valence-electron chi connectivity index (χ4n) is 25.6. The van der Waals surface area contributed by atoms with Crippen molar-refractivity contribution in [1.82, 2.24) is 5.32 Å². The van der Waals surface area contributed by atoms with E-state index in [2.05, 4.69) is 78.7 Å². The molecule has 15 aliphatic rings. The Balaban J connectivity index is 0.926. The molecule has 10 heteroatoms. The number of carbonyl (C=O) groups is 2. The molecular weight excluding hydrogens is 1080 g/mol. The van der Waals surface area contributed by atoms with Gasteiger partial charge in [0.15, 0.2) is 0 Å². The van der Waals surface area contributed by atoms with Crippen molar-refractivity contribution in [3.8, 4) is 11.8 Å². The Morgan fingerprint density at radius 3 is 2.26 bits per heavy atom. The van der Waals surface area contributed by atoms with Crippen molar-refractivity contribution in [1.29, 1.82) is 0 Å². The van der Waals surface area contributed by atoms with Crippen LogP contribution in [-0.2, 0) is 45.6 Å². The Bertz CT molecular complexity index is 3330. The molecule has 1 heterocycles. The third-order valence-electron chi connectivity index (χ3n) is 29.3. The first-order valence-corrected chi connectivity index (χ1v) is 35.0. The summed E-state index contributed by atoms with van der Waals surface area (Å²) in [7, 11) is 1.96. The summed E-state index contributed by atoms with van der Waals surface area (Å²) in [5, 5.41) is 88.2. The van der Waals surface area contributed by atoms with Gasteiger partial charge in [0.25, 0.3) is 0 Å². The van der Waals surface area contributed by atoms with Crippen molar-refractivity contribution >= 4 is 12.3 Å². The van der Waals surface area contributed by atoms with Gasteiger partial charge in [-0.25, -0.2) is 4.79 Å². The number of nitrogens with one attached hydrogen (secondary N) is 1. The Morgan fingerprint density at radius 2 is 1.49 bits per heavy atom. The first kappa shape index (κ1) is 57.9. The fraction of sp³-hybridized carbons (Fsp3) is 0.688. The molecule has 14 aliphatic carbocycles. The molecule has 18 rings (SSSR count). The second kappa shape index (κ2) is 20.7. The van der Waals surface area contributed by atoms with Crippen LogP contribution in [0.15, 0.2) is 78.4 Å². The Labute approximate surface area is 516 Å². The monoisotopic (exact) mass is 1180 g/mol. The summed E-state index contributed by atoms with van der Waals surface area (Å²) in [4.78, 5) is 29.9. The number of benzene rings is 3. The number of hydrogen-bond donors (Lipinski definition) is 7. The van der Waals surface area contributed by atoms with E-state index >= 15 is 15.0 Å². The lowest BCUT2D eigenvalue weighted by Crippen LogP contribution is -2.86. The highest BCUT2D eigenvalue weighted by Gasteiger charge is 2.87. The molecular formula is C77H97NO9. The van der Waals surface area contributed by atoms with Gasteiger partial charge in [-0.3, -0.25) is 0 Å². The number of aliphatic hydroxyl groups excluding tert-OH is 3. The number of ether oxygens (including phenoxy) is 1. The van der Waals surface area contributed by atoms with Crippen molar-refractivity contribution in [3.63, 3.8) is 0 Å². The lowest BCUT2D eigenvalue weighted by Gasteiger charge is -2.75.